The smallest absolute Gasteiger partial charge is 0.310 e. The maximum absolute atomic E-state index is 14.8. The van der Waals surface area contributed by atoms with Crippen LogP contribution in [0.2, 0.25) is 0 Å². The normalized spacial score (nSPS) is 23.4. The molecule has 2 aromatic carbocycles. The summed E-state index contributed by atoms with van der Waals surface area (Å²) in [4.78, 5) is 61.1. The fourth-order valence-electron chi connectivity index (χ4n) is 7.06. The Morgan fingerprint density at radius 3 is 1.98 bits per heavy atom. The third kappa shape index (κ3) is 9.94. The maximum atomic E-state index is 14.8. The van der Waals surface area contributed by atoms with Crippen LogP contribution in [0, 0.1) is 11.8 Å². The molecule has 2 aromatic rings. The van der Waals surface area contributed by atoms with Crippen molar-refractivity contribution in [3.05, 3.63) is 77.9 Å². The molecule has 3 aliphatic rings. The highest BCUT2D eigenvalue weighted by Crippen LogP contribution is 2.33. The van der Waals surface area contributed by atoms with Crippen molar-refractivity contribution in [1.82, 2.24) is 14.7 Å². The molecule has 270 valence electrons. The summed E-state index contributed by atoms with van der Waals surface area (Å²) in [5, 5.41) is 9.17. The second-order valence-corrected chi connectivity index (χ2v) is 13.4. The van der Waals surface area contributed by atoms with Crippen LogP contribution in [0.1, 0.15) is 68.6 Å². The number of benzene rings is 2. The van der Waals surface area contributed by atoms with Crippen LogP contribution in [-0.4, -0.2) is 103 Å². The number of hydrogen-bond donors (Lipinski definition) is 1. The van der Waals surface area contributed by atoms with Gasteiger partial charge in [-0.15, -0.1) is 0 Å². The van der Waals surface area contributed by atoms with E-state index in [0.29, 0.717) is 43.9 Å². The molecule has 0 aromatic heterocycles. The third-order valence-corrected chi connectivity index (χ3v) is 9.83. The van der Waals surface area contributed by atoms with Crippen LogP contribution in [0.3, 0.4) is 0 Å². The molecule has 11 nitrogen and oxygen atoms in total. The van der Waals surface area contributed by atoms with E-state index in [-0.39, 0.29) is 63.3 Å². The molecule has 1 N–H and O–H groups in total. The Labute approximate surface area is 295 Å². The molecular formula is C39H51N3O8. The van der Waals surface area contributed by atoms with Gasteiger partial charge in [0.25, 0.3) is 0 Å². The molecule has 3 heterocycles. The highest BCUT2D eigenvalue weighted by molar-refractivity contribution is 5.87. The van der Waals surface area contributed by atoms with Crippen molar-refractivity contribution in [2.45, 2.75) is 70.1 Å². The minimum Gasteiger partial charge on any atom is -0.491 e. The van der Waals surface area contributed by atoms with Gasteiger partial charge in [0.15, 0.2) is 0 Å². The van der Waals surface area contributed by atoms with E-state index in [1.807, 2.05) is 64.4 Å². The van der Waals surface area contributed by atoms with Gasteiger partial charge in [-0.3, -0.25) is 19.2 Å². The molecule has 2 fully saturated rings. The standard InChI is InChI=1S/C39H51N3O8/c1-48-28-34-37(30-11-3-2-4-12-30)50-39(47)32(26-36(45)41-21-9-10-22-41)14-6-5-13-31(25-35(44)40-19-7-8-20-40)38(46)42(34)27-29-15-17-33(18-16-29)49-24-23-43/h2-6,11-12,15-18,31-32,34,37,43H,7-10,13-14,19-28H2,1H3. The maximum Gasteiger partial charge on any atom is 0.310 e. The Morgan fingerprint density at radius 1 is 0.820 bits per heavy atom. The van der Waals surface area contributed by atoms with Crippen LogP contribution < -0.4 is 4.74 Å². The number of methoxy groups -OCH3 is 1. The zero-order chi connectivity index (χ0) is 35.3. The van der Waals surface area contributed by atoms with E-state index in [4.69, 9.17) is 14.2 Å². The highest BCUT2D eigenvalue weighted by atomic mass is 16.5. The van der Waals surface area contributed by atoms with Crippen LogP contribution >= 0.6 is 0 Å². The van der Waals surface area contributed by atoms with E-state index in [1.54, 1.807) is 24.1 Å². The molecule has 0 radical (unpaired) electrons. The number of aliphatic hydroxyl groups is 1. The van der Waals surface area contributed by atoms with Crippen molar-refractivity contribution in [3.63, 3.8) is 0 Å². The molecule has 4 unspecified atom stereocenters. The fraction of sp³-hybridized carbons (Fsp3) is 0.538. The monoisotopic (exact) mass is 689 g/mol. The lowest BCUT2D eigenvalue weighted by Gasteiger charge is -2.39. The molecule has 11 heteroatoms. The van der Waals surface area contributed by atoms with Gasteiger partial charge in [-0.1, -0.05) is 54.6 Å². The lowest BCUT2D eigenvalue weighted by atomic mass is 9.92. The summed E-state index contributed by atoms with van der Waals surface area (Å²) in [6.45, 7) is 3.02. The van der Waals surface area contributed by atoms with Gasteiger partial charge in [0.05, 0.1) is 31.1 Å². The number of ether oxygens (including phenoxy) is 3. The first kappa shape index (κ1) is 37.0. The van der Waals surface area contributed by atoms with Crippen LogP contribution in [0.15, 0.2) is 66.7 Å². The molecule has 0 spiro atoms. The number of cyclic esters (lactones) is 1. The first-order valence-electron chi connectivity index (χ1n) is 18.0. The molecule has 3 aliphatic heterocycles. The summed E-state index contributed by atoms with van der Waals surface area (Å²) < 4.78 is 17.7. The molecule has 4 atom stereocenters. The minimum atomic E-state index is -0.914. The van der Waals surface area contributed by atoms with Gasteiger partial charge in [-0.25, -0.2) is 0 Å². The molecule has 0 saturated carbocycles. The van der Waals surface area contributed by atoms with Gasteiger partial charge in [0, 0.05) is 52.7 Å². The number of allylic oxidation sites excluding steroid dienone is 2. The average molecular weight is 690 g/mol. The second kappa shape index (κ2) is 18.7. The molecule has 0 aliphatic carbocycles. The first-order valence-corrected chi connectivity index (χ1v) is 18.0. The minimum absolute atomic E-state index is 0.0316. The number of carbonyl (C=O) groups is 4. The Bertz CT molecular complexity index is 1440. The van der Waals surface area contributed by atoms with Gasteiger partial charge in [-0.05, 0) is 61.8 Å². The predicted octanol–water partition coefficient (Wildman–Crippen LogP) is 4.29. The van der Waals surface area contributed by atoms with Gasteiger partial charge in [-0.2, -0.15) is 0 Å². The third-order valence-electron chi connectivity index (χ3n) is 9.83. The van der Waals surface area contributed by atoms with Crippen molar-refractivity contribution in [3.8, 4) is 5.75 Å². The number of nitrogens with zero attached hydrogens (tertiary/aromatic N) is 3. The largest absolute Gasteiger partial charge is 0.491 e. The number of hydrogen-bond acceptors (Lipinski definition) is 8. The second-order valence-electron chi connectivity index (χ2n) is 13.4. The molecular weight excluding hydrogens is 638 g/mol. The number of aliphatic hydroxyl groups excluding tert-OH is 1. The van der Waals surface area contributed by atoms with Crippen LogP contribution in [0.5, 0.6) is 5.75 Å². The SMILES string of the molecule is COCC1C(c2ccccc2)OC(=O)C(CC(=O)N2CCCC2)CC=CCC(CC(=O)N2CCCC2)C(=O)N1Cc1ccc(OCCO)cc1. The van der Waals surface area contributed by atoms with Gasteiger partial charge in [0.1, 0.15) is 18.5 Å². The van der Waals surface area contributed by atoms with Gasteiger partial charge in [0.2, 0.25) is 17.7 Å². The number of rotatable bonds is 12. The number of carbonyl (C=O) groups excluding carboxylic acids is 4. The lowest BCUT2D eigenvalue weighted by Crippen LogP contribution is -2.50. The van der Waals surface area contributed by atoms with Crippen molar-refractivity contribution < 1.29 is 38.5 Å². The van der Waals surface area contributed by atoms with Gasteiger partial charge >= 0.3 is 5.97 Å². The highest BCUT2D eigenvalue weighted by Gasteiger charge is 2.40. The van der Waals surface area contributed by atoms with Gasteiger partial charge < -0.3 is 34.0 Å². The Hall–Kier alpha value is -4.22. The number of likely N-dealkylation sites (tertiary alicyclic amines) is 2. The Morgan fingerprint density at radius 2 is 1.40 bits per heavy atom. The summed E-state index contributed by atoms with van der Waals surface area (Å²) in [6, 6.07) is 15.8. The van der Waals surface area contributed by atoms with Crippen molar-refractivity contribution in [2.24, 2.45) is 11.8 Å². The van der Waals surface area contributed by atoms with E-state index in [1.165, 1.54) is 0 Å². The summed E-state index contributed by atoms with van der Waals surface area (Å²) in [6.07, 6.45) is 7.29. The van der Waals surface area contributed by atoms with Crippen LogP contribution in [-0.2, 0) is 35.2 Å². The summed E-state index contributed by atoms with van der Waals surface area (Å²) in [5.41, 5.74) is 1.49. The fourth-order valence-corrected chi connectivity index (χ4v) is 7.06. The van der Waals surface area contributed by atoms with E-state index < -0.39 is 30.0 Å². The van der Waals surface area contributed by atoms with Crippen molar-refractivity contribution in [2.75, 3.05) is 53.1 Å². The summed E-state index contributed by atoms with van der Waals surface area (Å²) >= 11 is 0. The topological polar surface area (TPSA) is 126 Å². The zero-order valence-corrected chi connectivity index (χ0v) is 29.1. The zero-order valence-electron chi connectivity index (χ0n) is 29.1. The van der Waals surface area contributed by atoms with Crippen LogP contribution in [0.4, 0.5) is 0 Å². The number of esters is 1. The van der Waals surface area contributed by atoms with Crippen LogP contribution in [0.25, 0.3) is 0 Å². The molecule has 2 saturated heterocycles. The summed E-state index contributed by atoms with van der Waals surface area (Å²) in [5.74, 6) is -1.64. The van der Waals surface area contributed by atoms with E-state index >= 15 is 0 Å². The Kier molecular flexibility index (Phi) is 13.8. The van der Waals surface area contributed by atoms with E-state index in [2.05, 4.69) is 0 Å². The molecule has 50 heavy (non-hydrogen) atoms. The quantitative estimate of drug-likeness (QED) is 0.259. The van der Waals surface area contributed by atoms with E-state index in [9.17, 15) is 24.3 Å². The predicted molar refractivity (Wildman–Crippen MR) is 187 cm³/mol. The molecule has 5 rings (SSSR count). The molecule has 3 amide bonds. The summed E-state index contributed by atoms with van der Waals surface area (Å²) in [7, 11) is 1.55. The Balaban J connectivity index is 1.54. The average Bonchev–Trinajstić information content (AvgIpc) is 3.88. The number of amides is 3. The lowest BCUT2D eigenvalue weighted by molar-refractivity contribution is -0.166. The first-order chi connectivity index (χ1) is 24.4. The van der Waals surface area contributed by atoms with Crippen molar-refractivity contribution >= 4 is 23.7 Å². The molecule has 0 bridgehead atoms. The van der Waals surface area contributed by atoms with Crippen molar-refractivity contribution in [1.29, 1.82) is 0 Å². The van der Waals surface area contributed by atoms with E-state index in [0.717, 1.165) is 31.2 Å².